The number of hydrogen-bond donors (Lipinski definition) is 0. The molecule has 86 valence electrons. The van der Waals surface area contributed by atoms with Gasteiger partial charge in [0.05, 0.1) is 6.61 Å². The van der Waals surface area contributed by atoms with Crippen molar-refractivity contribution in [1.29, 1.82) is 0 Å². The highest BCUT2D eigenvalue weighted by Gasteiger charge is 2.09. The monoisotopic (exact) mass is 242 g/mol. The van der Waals surface area contributed by atoms with Crippen molar-refractivity contribution in [3.8, 4) is 5.75 Å². The zero-order chi connectivity index (χ0) is 11.7. The largest absolute Gasteiger partial charge is 0.493 e. The summed E-state index contributed by atoms with van der Waals surface area (Å²) in [4.78, 5) is 0. The summed E-state index contributed by atoms with van der Waals surface area (Å²) in [6, 6.07) is 14.8. The Morgan fingerprint density at radius 3 is 2.71 bits per heavy atom. The van der Waals surface area contributed by atoms with Crippen molar-refractivity contribution < 1.29 is 4.74 Å². The van der Waals surface area contributed by atoms with Gasteiger partial charge in [0.2, 0.25) is 0 Å². The molecule has 0 aliphatic carbocycles. The van der Waals surface area contributed by atoms with Gasteiger partial charge in [-0.3, -0.25) is 0 Å². The molecule has 0 N–H and O–H groups in total. The third-order valence-electron chi connectivity index (χ3n) is 2.83. The second kappa shape index (κ2) is 4.38. The van der Waals surface area contributed by atoms with Gasteiger partial charge in [0.15, 0.2) is 0 Å². The van der Waals surface area contributed by atoms with Crippen molar-refractivity contribution in [1.82, 2.24) is 0 Å². The molecule has 0 aliphatic heterocycles. The standard InChI is InChI=1S/C15H14OS/c1-2-10-16-12-7-5-9-14-15(12)11-6-3-4-8-13(11)17-14/h3-9H,2,10H2,1H3. The van der Waals surface area contributed by atoms with Crippen LogP contribution in [0.1, 0.15) is 13.3 Å². The molecule has 17 heavy (non-hydrogen) atoms. The van der Waals surface area contributed by atoms with Gasteiger partial charge in [-0.25, -0.2) is 0 Å². The fourth-order valence-corrected chi connectivity index (χ4v) is 3.20. The van der Waals surface area contributed by atoms with Gasteiger partial charge >= 0.3 is 0 Å². The molecule has 0 amide bonds. The van der Waals surface area contributed by atoms with E-state index in [0.717, 1.165) is 18.8 Å². The molecule has 0 bridgehead atoms. The summed E-state index contributed by atoms with van der Waals surface area (Å²) in [6.07, 6.45) is 1.04. The zero-order valence-corrected chi connectivity index (χ0v) is 10.6. The lowest BCUT2D eigenvalue weighted by molar-refractivity contribution is 0.321. The highest BCUT2D eigenvalue weighted by molar-refractivity contribution is 7.25. The van der Waals surface area contributed by atoms with E-state index >= 15 is 0 Å². The molecule has 0 saturated heterocycles. The number of benzene rings is 2. The van der Waals surface area contributed by atoms with Gasteiger partial charge in [0.25, 0.3) is 0 Å². The van der Waals surface area contributed by atoms with Crippen LogP contribution in [0.5, 0.6) is 5.75 Å². The topological polar surface area (TPSA) is 9.23 Å². The number of fused-ring (bicyclic) bond motifs is 3. The van der Waals surface area contributed by atoms with Crippen molar-refractivity contribution >= 4 is 31.5 Å². The van der Waals surface area contributed by atoms with Crippen LogP contribution in [0.3, 0.4) is 0 Å². The summed E-state index contributed by atoms with van der Waals surface area (Å²) in [6.45, 7) is 2.91. The smallest absolute Gasteiger partial charge is 0.128 e. The summed E-state index contributed by atoms with van der Waals surface area (Å²) in [5.41, 5.74) is 0. The number of rotatable bonds is 3. The van der Waals surface area contributed by atoms with E-state index in [2.05, 4.69) is 49.4 Å². The molecule has 0 saturated carbocycles. The first-order chi connectivity index (χ1) is 8.40. The predicted molar refractivity (Wildman–Crippen MR) is 75.1 cm³/mol. The minimum atomic E-state index is 0.781. The van der Waals surface area contributed by atoms with E-state index in [1.807, 2.05) is 11.3 Å². The molecule has 0 aliphatic rings. The summed E-state index contributed by atoms with van der Waals surface area (Å²) in [5.74, 6) is 1.02. The Bertz CT molecular complexity index is 654. The predicted octanol–water partition coefficient (Wildman–Crippen LogP) is 4.84. The number of thiophene rings is 1. The highest BCUT2D eigenvalue weighted by Crippen LogP contribution is 2.39. The lowest BCUT2D eigenvalue weighted by atomic mass is 10.1. The summed E-state index contributed by atoms with van der Waals surface area (Å²) in [7, 11) is 0. The number of ether oxygens (including phenoxy) is 1. The Hall–Kier alpha value is -1.54. The number of hydrogen-bond acceptors (Lipinski definition) is 2. The second-order valence-electron chi connectivity index (χ2n) is 4.08. The Balaban J connectivity index is 2.28. The van der Waals surface area contributed by atoms with Crippen LogP contribution >= 0.6 is 11.3 Å². The summed E-state index contributed by atoms with van der Waals surface area (Å²) < 4.78 is 8.48. The third kappa shape index (κ3) is 1.79. The minimum absolute atomic E-state index is 0.781. The van der Waals surface area contributed by atoms with E-state index in [9.17, 15) is 0 Å². The first-order valence-corrected chi connectivity index (χ1v) is 6.75. The van der Waals surface area contributed by atoms with Gasteiger partial charge in [-0.1, -0.05) is 31.2 Å². The van der Waals surface area contributed by atoms with E-state index in [1.165, 1.54) is 20.2 Å². The molecule has 1 nitrogen and oxygen atoms in total. The summed E-state index contributed by atoms with van der Waals surface area (Å²) >= 11 is 1.83. The molecular formula is C15H14OS. The molecular weight excluding hydrogens is 228 g/mol. The van der Waals surface area contributed by atoms with E-state index in [4.69, 9.17) is 4.74 Å². The van der Waals surface area contributed by atoms with Crippen LogP contribution in [-0.2, 0) is 0 Å². The second-order valence-corrected chi connectivity index (χ2v) is 5.16. The van der Waals surface area contributed by atoms with Gasteiger partial charge in [0, 0.05) is 20.2 Å². The SMILES string of the molecule is CCCOc1cccc2sc3ccccc3c12. The maximum atomic E-state index is 5.84. The molecule has 0 atom stereocenters. The van der Waals surface area contributed by atoms with Gasteiger partial charge in [-0.05, 0) is 24.6 Å². The lowest BCUT2D eigenvalue weighted by Crippen LogP contribution is -1.94. The average molecular weight is 242 g/mol. The van der Waals surface area contributed by atoms with Crippen LogP contribution in [0.2, 0.25) is 0 Å². The Morgan fingerprint density at radius 2 is 1.82 bits per heavy atom. The Morgan fingerprint density at radius 1 is 1.00 bits per heavy atom. The van der Waals surface area contributed by atoms with Crippen molar-refractivity contribution in [3.05, 3.63) is 42.5 Å². The van der Waals surface area contributed by atoms with Gasteiger partial charge in [-0.15, -0.1) is 11.3 Å². The van der Waals surface area contributed by atoms with Crippen molar-refractivity contribution in [2.45, 2.75) is 13.3 Å². The molecule has 3 aromatic rings. The molecule has 0 fully saturated rings. The van der Waals surface area contributed by atoms with E-state index in [1.54, 1.807) is 0 Å². The maximum Gasteiger partial charge on any atom is 0.128 e. The fourth-order valence-electron chi connectivity index (χ4n) is 2.07. The van der Waals surface area contributed by atoms with Crippen LogP contribution < -0.4 is 4.74 Å². The molecule has 0 unspecified atom stereocenters. The maximum absolute atomic E-state index is 5.84. The quantitative estimate of drug-likeness (QED) is 0.638. The van der Waals surface area contributed by atoms with Gasteiger partial charge < -0.3 is 4.74 Å². The first-order valence-electron chi connectivity index (χ1n) is 5.93. The van der Waals surface area contributed by atoms with Crippen LogP contribution in [0.25, 0.3) is 20.2 Å². The van der Waals surface area contributed by atoms with Gasteiger partial charge in [-0.2, -0.15) is 0 Å². The molecule has 0 radical (unpaired) electrons. The zero-order valence-electron chi connectivity index (χ0n) is 9.77. The van der Waals surface area contributed by atoms with Gasteiger partial charge in [0.1, 0.15) is 5.75 Å². The normalized spacial score (nSPS) is 11.1. The molecule has 3 rings (SSSR count). The van der Waals surface area contributed by atoms with Crippen molar-refractivity contribution in [3.63, 3.8) is 0 Å². The molecule has 2 aromatic carbocycles. The fraction of sp³-hybridized carbons (Fsp3) is 0.200. The van der Waals surface area contributed by atoms with E-state index in [0.29, 0.717) is 0 Å². The van der Waals surface area contributed by atoms with Crippen LogP contribution in [-0.4, -0.2) is 6.61 Å². The Labute approximate surface area is 105 Å². The molecule has 1 heterocycles. The first kappa shape index (κ1) is 10.6. The van der Waals surface area contributed by atoms with Crippen LogP contribution in [0.4, 0.5) is 0 Å². The molecule has 2 heteroatoms. The van der Waals surface area contributed by atoms with Crippen molar-refractivity contribution in [2.75, 3.05) is 6.61 Å². The van der Waals surface area contributed by atoms with E-state index in [-0.39, 0.29) is 0 Å². The summed E-state index contributed by atoms with van der Waals surface area (Å²) in [5, 5.41) is 2.57. The minimum Gasteiger partial charge on any atom is -0.493 e. The molecule has 0 spiro atoms. The Kier molecular flexibility index (Phi) is 2.73. The average Bonchev–Trinajstić information content (AvgIpc) is 2.75. The van der Waals surface area contributed by atoms with Crippen LogP contribution in [0.15, 0.2) is 42.5 Å². The van der Waals surface area contributed by atoms with Crippen LogP contribution in [0, 0.1) is 0 Å². The van der Waals surface area contributed by atoms with Crippen molar-refractivity contribution in [2.24, 2.45) is 0 Å². The highest BCUT2D eigenvalue weighted by atomic mass is 32.1. The third-order valence-corrected chi connectivity index (χ3v) is 3.96. The van der Waals surface area contributed by atoms with E-state index < -0.39 is 0 Å². The molecule has 1 aromatic heterocycles. The lowest BCUT2D eigenvalue weighted by Gasteiger charge is -2.06.